The molecule has 0 unspecified atom stereocenters. The predicted molar refractivity (Wildman–Crippen MR) is 86.9 cm³/mol. The first-order chi connectivity index (χ1) is 11.8. The molecular weight excluding hydrogens is 333 g/mol. The van der Waals surface area contributed by atoms with Gasteiger partial charge >= 0.3 is 5.76 Å². The topological polar surface area (TPSA) is 107 Å². The van der Waals surface area contributed by atoms with Crippen LogP contribution < -0.4 is 11.1 Å². The molecular formula is C16H12FN3O5. The van der Waals surface area contributed by atoms with E-state index in [4.69, 9.17) is 4.42 Å². The molecule has 2 aromatic carbocycles. The van der Waals surface area contributed by atoms with E-state index < -0.39 is 22.4 Å². The van der Waals surface area contributed by atoms with E-state index in [1.807, 2.05) is 0 Å². The van der Waals surface area contributed by atoms with Gasteiger partial charge in [0.2, 0.25) is 5.91 Å². The number of hydrogen-bond donors (Lipinski definition) is 1. The molecule has 1 N–H and O–H groups in total. The zero-order chi connectivity index (χ0) is 18.1. The summed E-state index contributed by atoms with van der Waals surface area (Å²) in [7, 11) is 0. The fraction of sp³-hybridized carbons (Fsp3) is 0.125. The molecule has 1 amide bonds. The number of aromatic nitrogens is 1. The first-order valence-corrected chi connectivity index (χ1v) is 7.19. The Morgan fingerprint density at radius 2 is 2.08 bits per heavy atom. The fourth-order valence-corrected chi connectivity index (χ4v) is 2.33. The molecule has 0 spiro atoms. The summed E-state index contributed by atoms with van der Waals surface area (Å²) in [6.45, 7) is 1.22. The highest BCUT2D eigenvalue weighted by atomic mass is 19.1. The third-order valence-electron chi connectivity index (χ3n) is 3.62. The predicted octanol–water partition coefficient (Wildman–Crippen LogP) is 2.59. The van der Waals surface area contributed by atoms with Crippen molar-refractivity contribution in [3.63, 3.8) is 0 Å². The Labute approximate surface area is 139 Å². The lowest BCUT2D eigenvalue weighted by molar-refractivity contribution is -0.384. The van der Waals surface area contributed by atoms with Crippen LogP contribution in [0.3, 0.4) is 0 Å². The van der Waals surface area contributed by atoms with Crippen LogP contribution in [0, 0.1) is 22.9 Å². The Hall–Kier alpha value is -3.49. The second-order valence-electron chi connectivity index (χ2n) is 5.38. The van der Waals surface area contributed by atoms with Gasteiger partial charge in [-0.3, -0.25) is 19.5 Å². The molecule has 3 rings (SSSR count). The molecule has 8 nitrogen and oxygen atoms in total. The smallest absolute Gasteiger partial charge is 0.407 e. The molecule has 0 aliphatic carbocycles. The first-order valence-electron chi connectivity index (χ1n) is 7.19. The molecule has 0 radical (unpaired) electrons. The molecule has 1 aromatic heterocycles. The Morgan fingerprint density at radius 1 is 1.32 bits per heavy atom. The summed E-state index contributed by atoms with van der Waals surface area (Å²) in [6.07, 6.45) is 0. The van der Waals surface area contributed by atoms with Gasteiger partial charge in [-0.15, -0.1) is 0 Å². The van der Waals surface area contributed by atoms with Gasteiger partial charge in [0.1, 0.15) is 12.4 Å². The summed E-state index contributed by atoms with van der Waals surface area (Å²) in [5, 5.41) is 13.2. The number of oxazole rings is 1. The third kappa shape index (κ3) is 3.25. The van der Waals surface area contributed by atoms with Crippen LogP contribution in [0.2, 0.25) is 0 Å². The van der Waals surface area contributed by atoms with Gasteiger partial charge in [-0.1, -0.05) is 6.07 Å². The number of hydrogen-bond acceptors (Lipinski definition) is 5. The van der Waals surface area contributed by atoms with Gasteiger partial charge < -0.3 is 9.73 Å². The minimum absolute atomic E-state index is 0.00776. The Balaban J connectivity index is 1.85. The van der Waals surface area contributed by atoms with Crippen LogP contribution in [0.1, 0.15) is 5.56 Å². The Kier molecular flexibility index (Phi) is 4.05. The van der Waals surface area contributed by atoms with Crippen molar-refractivity contribution in [3.05, 3.63) is 68.4 Å². The van der Waals surface area contributed by atoms with E-state index in [9.17, 15) is 24.1 Å². The number of carbonyl (C=O) groups excluding carboxylic acids is 1. The van der Waals surface area contributed by atoms with Crippen molar-refractivity contribution < 1.29 is 18.5 Å². The Bertz CT molecular complexity index is 1050. The number of halogens is 1. The average Bonchev–Trinajstić information content (AvgIpc) is 2.86. The molecule has 9 heteroatoms. The number of carbonyl (C=O) groups is 1. The summed E-state index contributed by atoms with van der Waals surface area (Å²) in [6, 6.07) is 7.88. The summed E-state index contributed by atoms with van der Waals surface area (Å²) in [5.74, 6) is -1.84. The number of nitrogens with one attached hydrogen (secondary N) is 1. The molecule has 3 aromatic rings. The van der Waals surface area contributed by atoms with Crippen molar-refractivity contribution in [3.8, 4) is 0 Å². The number of benzene rings is 2. The first kappa shape index (κ1) is 16.4. The molecule has 0 bridgehead atoms. The van der Waals surface area contributed by atoms with E-state index in [0.717, 1.165) is 10.6 Å². The summed E-state index contributed by atoms with van der Waals surface area (Å²) < 4.78 is 19.5. The minimum Gasteiger partial charge on any atom is -0.407 e. The number of nitrogens with zero attached hydrogens (tertiary/aromatic N) is 2. The quantitative estimate of drug-likeness (QED) is 0.578. The third-order valence-corrected chi connectivity index (χ3v) is 3.62. The van der Waals surface area contributed by atoms with E-state index >= 15 is 0 Å². The maximum Gasteiger partial charge on any atom is 0.420 e. The molecule has 0 atom stereocenters. The monoisotopic (exact) mass is 345 g/mol. The second kappa shape index (κ2) is 6.19. The van der Waals surface area contributed by atoms with Crippen LogP contribution in [0.5, 0.6) is 0 Å². The Morgan fingerprint density at radius 3 is 2.76 bits per heavy atom. The van der Waals surface area contributed by atoms with Gasteiger partial charge in [0.05, 0.1) is 16.5 Å². The molecule has 25 heavy (non-hydrogen) atoms. The molecule has 0 fully saturated rings. The molecule has 1 heterocycles. The van der Waals surface area contributed by atoms with Gasteiger partial charge in [-0.05, 0) is 30.7 Å². The highest BCUT2D eigenvalue weighted by molar-refractivity contribution is 5.91. The molecule has 0 saturated carbocycles. The van der Waals surface area contributed by atoms with Crippen molar-refractivity contribution >= 4 is 28.4 Å². The number of anilines is 1. The van der Waals surface area contributed by atoms with Gasteiger partial charge in [-0.2, -0.15) is 0 Å². The van der Waals surface area contributed by atoms with Crippen LogP contribution in [0.4, 0.5) is 15.8 Å². The number of fused-ring (bicyclic) bond motifs is 1. The van der Waals surface area contributed by atoms with Crippen molar-refractivity contribution in [1.82, 2.24) is 4.57 Å². The number of nitro benzene ring substituents is 1. The molecule has 0 aliphatic rings. The maximum atomic E-state index is 13.5. The summed E-state index contributed by atoms with van der Waals surface area (Å²) in [5.41, 5.74) is 0.725. The van der Waals surface area contributed by atoms with Crippen LogP contribution in [0.25, 0.3) is 11.1 Å². The van der Waals surface area contributed by atoms with E-state index in [-0.39, 0.29) is 29.0 Å². The largest absolute Gasteiger partial charge is 0.420 e. The SMILES string of the molecule is Cc1ccc(NC(=O)Cn2c(=O)oc3cc([N+](=O)[O-])ccc32)cc1F. The molecule has 128 valence electrons. The number of nitro groups is 1. The molecule has 0 saturated heterocycles. The van der Waals surface area contributed by atoms with Crippen molar-refractivity contribution in [1.29, 1.82) is 0 Å². The zero-order valence-corrected chi connectivity index (χ0v) is 13.0. The van der Waals surface area contributed by atoms with Crippen molar-refractivity contribution in [2.75, 3.05) is 5.32 Å². The number of non-ortho nitro benzene ring substituents is 1. The highest BCUT2D eigenvalue weighted by Crippen LogP contribution is 2.20. The van der Waals surface area contributed by atoms with E-state index in [1.165, 1.54) is 30.3 Å². The van der Waals surface area contributed by atoms with E-state index in [0.29, 0.717) is 5.56 Å². The summed E-state index contributed by atoms with van der Waals surface area (Å²) >= 11 is 0. The maximum absolute atomic E-state index is 13.5. The average molecular weight is 345 g/mol. The standard InChI is InChI=1S/C16H12FN3O5/c1-9-2-3-10(6-12(9)17)18-15(21)8-19-13-5-4-11(20(23)24)7-14(13)25-16(19)22/h2-7H,8H2,1H3,(H,18,21). The van der Waals surface area contributed by atoms with Crippen LogP contribution in [0.15, 0.2) is 45.6 Å². The summed E-state index contributed by atoms with van der Waals surface area (Å²) in [4.78, 5) is 34.1. The fourth-order valence-electron chi connectivity index (χ4n) is 2.33. The normalized spacial score (nSPS) is 10.8. The van der Waals surface area contributed by atoms with Crippen LogP contribution >= 0.6 is 0 Å². The van der Waals surface area contributed by atoms with Crippen molar-refractivity contribution in [2.45, 2.75) is 13.5 Å². The van der Waals surface area contributed by atoms with Crippen LogP contribution in [-0.2, 0) is 11.3 Å². The number of amides is 1. The lowest BCUT2D eigenvalue weighted by atomic mass is 10.2. The van der Waals surface area contributed by atoms with Crippen LogP contribution in [-0.4, -0.2) is 15.4 Å². The number of aryl methyl sites for hydroxylation is 1. The minimum atomic E-state index is -0.819. The van der Waals surface area contributed by atoms with Gasteiger partial charge in [0.15, 0.2) is 5.58 Å². The second-order valence-corrected chi connectivity index (χ2v) is 5.38. The number of rotatable bonds is 4. The zero-order valence-electron chi connectivity index (χ0n) is 13.0. The van der Waals surface area contributed by atoms with Crippen molar-refractivity contribution in [2.24, 2.45) is 0 Å². The lowest BCUT2D eigenvalue weighted by Gasteiger charge is -2.06. The van der Waals surface area contributed by atoms with E-state index in [1.54, 1.807) is 6.92 Å². The van der Waals surface area contributed by atoms with Gasteiger partial charge in [0.25, 0.3) is 5.69 Å². The van der Waals surface area contributed by atoms with E-state index in [2.05, 4.69) is 5.32 Å². The highest BCUT2D eigenvalue weighted by Gasteiger charge is 2.16. The molecule has 0 aliphatic heterocycles. The lowest BCUT2D eigenvalue weighted by Crippen LogP contribution is -2.24. The van der Waals surface area contributed by atoms with Gasteiger partial charge in [-0.25, -0.2) is 9.18 Å². The van der Waals surface area contributed by atoms with Gasteiger partial charge in [0, 0.05) is 11.8 Å².